The molecule has 1 amide bonds. The van der Waals surface area contributed by atoms with Gasteiger partial charge in [0.1, 0.15) is 0 Å². The number of nitrogens with zero attached hydrogens (tertiary/aromatic N) is 7. The van der Waals surface area contributed by atoms with Gasteiger partial charge in [0.05, 0.1) is 35.1 Å². The molecule has 0 bridgehead atoms. The monoisotopic (exact) mass is 577 g/mol. The molecule has 3 aromatic heterocycles. The molecule has 220 valence electrons. The molecule has 15 heteroatoms. The average molecular weight is 578 g/mol. The molecule has 2 N–H and O–H groups in total. The number of benzene rings is 1. The Labute approximate surface area is 230 Å². The number of carbonyl (C=O) groups is 1. The molecule has 5 rings (SSSR count). The number of halogens is 3. The fourth-order valence-corrected chi connectivity index (χ4v) is 5.67. The Hall–Kier alpha value is -3.98. The third-order valence-corrected chi connectivity index (χ3v) is 7.73. The molecule has 0 aliphatic carbocycles. The number of carbonyl (C=O) groups excluding carboxylic acids is 1. The van der Waals surface area contributed by atoms with Gasteiger partial charge in [-0.05, 0) is 25.5 Å². The quantitative estimate of drug-likeness (QED) is 0.363. The van der Waals surface area contributed by atoms with Crippen molar-refractivity contribution in [1.82, 2.24) is 33.1 Å². The smallest absolute Gasteiger partial charge is 0.391 e. The SMILES string of the molecule is Cn1c(=O)c2c(ncn2[C@@H]2CN(C(=O)CCCn3c(C(F)(F)F)nc4ccccc43)C[C@@H](O)C[C@@]2(C)O)n(C)c1=O. The number of aliphatic hydroxyl groups excluding tert-OH is 1. The van der Waals surface area contributed by atoms with Gasteiger partial charge >= 0.3 is 11.9 Å². The first-order chi connectivity index (χ1) is 19.2. The molecule has 1 aromatic carbocycles. The number of aryl methyl sites for hydroxylation is 2. The zero-order valence-electron chi connectivity index (χ0n) is 22.7. The topological polar surface area (TPSA) is 140 Å². The van der Waals surface area contributed by atoms with E-state index in [1.165, 1.54) is 53.5 Å². The number of imidazole rings is 2. The zero-order valence-corrected chi connectivity index (χ0v) is 22.7. The van der Waals surface area contributed by atoms with Crippen LogP contribution in [0.4, 0.5) is 13.2 Å². The summed E-state index contributed by atoms with van der Waals surface area (Å²) >= 11 is 0. The van der Waals surface area contributed by atoms with Crippen LogP contribution < -0.4 is 11.2 Å². The minimum Gasteiger partial charge on any atom is -0.391 e. The van der Waals surface area contributed by atoms with Crippen molar-refractivity contribution in [2.24, 2.45) is 14.1 Å². The van der Waals surface area contributed by atoms with Crippen LogP contribution in [0.1, 0.15) is 38.1 Å². The maximum atomic E-state index is 13.7. The second-order valence-corrected chi connectivity index (χ2v) is 10.7. The summed E-state index contributed by atoms with van der Waals surface area (Å²) in [4.78, 5) is 48.0. The molecule has 3 atom stereocenters. The van der Waals surface area contributed by atoms with Crippen LogP contribution in [-0.4, -0.2) is 74.1 Å². The fraction of sp³-hybridized carbons (Fsp3) is 0.500. The lowest BCUT2D eigenvalue weighted by atomic mass is 9.91. The van der Waals surface area contributed by atoms with E-state index in [0.717, 1.165) is 9.13 Å². The first kappa shape index (κ1) is 28.5. The van der Waals surface area contributed by atoms with Gasteiger partial charge in [-0.3, -0.25) is 18.7 Å². The van der Waals surface area contributed by atoms with Crippen LogP contribution in [0, 0.1) is 0 Å². The molecule has 0 radical (unpaired) electrons. The van der Waals surface area contributed by atoms with Crippen LogP contribution in [0.5, 0.6) is 0 Å². The summed E-state index contributed by atoms with van der Waals surface area (Å²) in [6.07, 6.45) is -4.66. The summed E-state index contributed by atoms with van der Waals surface area (Å²) < 4.78 is 45.5. The van der Waals surface area contributed by atoms with Gasteiger partial charge in [-0.15, -0.1) is 0 Å². The number of amides is 1. The highest BCUT2D eigenvalue weighted by Crippen LogP contribution is 2.34. The molecular formula is C26H30F3N7O5. The van der Waals surface area contributed by atoms with Crippen molar-refractivity contribution >= 4 is 28.1 Å². The molecule has 0 unspecified atom stereocenters. The van der Waals surface area contributed by atoms with Crippen LogP contribution in [0.3, 0.4) is 0 Å². The summed E-state index contributed by atoms with van der Waals surface area (Å²) in [5.74, 6) is -1.48. The number of hydrogen-bond acceptors (Lipinski definition) is 7. The van der Waals surface area contributed by atoms with Crippen molar-refractivity contribution < 1.29 is 28.2 Å². The lowest BCUT2D eigenvalue weighted by Gasteiger charge is -2.34. The predicted molar refractivity (Wildman–Crippen MR) is 141 cm³/mol. The van der Waals surface area contributed by atoms with E-state index < -0.39 is 46.9 Å². The molecule has 4 heterocycles. The number of para-hydroxylation sites is 2. The molecule has 1 aliphatic heterocycles. The summed E-state index contributed by atoms with van der Waals surface area (Å²) in [6, 6.07) is 5.31. The molecule has 0 spiro atoms. The van der Waals surface area contributed by atoms with Gasteiger partial charge in [-0.1, -0.05) is 12.1 Å². The van der Waals surface area contributed by atoms with Gasteiger partial charge in [0.15, 0.2) is 11.2 Å². The largest absolute Gasteiger partial charge is 0.449 e. The van der Waals surface area contributed by atoms with Gasteiger partial charge in [-0.2, -0.15) is 13.2 Å². The lowest BCUT2D eigenvalue weighted by Crippen LogP contribution is -2.44. The van der Waals surface area contributed by atoms with Crippen LogP contribution >= 0.6 is 0 Å². The van der Waals surface area contributed by atoms with Crippen molar-refractivity contribution in [2.75, 3.05) is 13.1 Å². The molecule has 0 saturated carbocycles. The Morgan fingerprint density at radius 1 is 1.15 bits per heavy atom. The van der Waals surface area contributed by atoms with Gasteiger partial charge < -0.3 is 24.2 Å². The summed E-state index contributed by atoms with van der Waals surface area (Å²) in [5.41, 5.74) is -2.14. The normalized spacial score (nSPS) is 22.0. The number of aromatic nitrogens is 6. The lowest BCUT2D eigenvalue weighted by molar-refractivity contribution is -0.147. The highest BCUT2D eigenvalue weighted by molar-refractivity contribution is 5.77. The minimum atomic E-state index is -4.68. The number of aliphatic hydroxyl groups is 2. The summed E-state index contributed by atoms with van der Waals surface area (Å²) in [5, 5.41) is 22.0. The van der Waals surface area contributed by atoms with Crippen molar-refractivity contribution in [3.05, 3.63) is 57.3 Å². The van der Waals surface area contributed by atoms with Crippen molar-refractivity contribution in [2.45, 2.75) is 56.7 Å². The highest BCUT2D eigenvalue weighted by atomic mass is 19.4. The van der Waals surface area contributed by atoms with E-state index in [2.05, 4.69) is 9.97 Å². The van der Waals surface area contributed by atoms with Crippen LogP contribution in [0.15, 0.2) is 40.2 Å². The number of rotatable bonds is 5. The third-order valence-electron chi connectivity index (χ3n) is 7.73. The second-order valence-electron chi connectivity index (χ2n) is 10.7. The molecule has 1 fully saturated rings. The predicted octanol–water partition coefficient (Wildman–Crippen LogP) is 1.17. The van der Waals surface area contributed by atoms with E-state index in [-0.39, 0.29) is 55.6 Å². The van der Waals surface area contributed by atoms with Gasteiger partial charge in [0, 0.05) is 46.6 Å². The number of alkyl halides is 3. The van der Waals surface area contributed by atoms with E-state index in [1.807, 2.05) is 0 Å². The maximum Gasteiger partial charge on any atom is 0.449 e. The van der Waals surface area contributed by atoms with Gasteiger partial charge in [0.25, 0.3) is 5.56 Å². The van der Waals surface area contributed by atoms with Gasteiger partial charge in [-0.25, -0.2) is 14.8 Å². The first-order valence-corrected chi connectivity index (χ1v) is 13.0. The Morgan fingerprint density at radius 2 is 1.85 bits per heavy atom. The highest BCUT2D eigenvalue weighted by Gasteiger charge is 2.42. The number of hydrogen-bond donors (Lipinski definition) is 2. The summed E-state index contributed by atoms with van der Waals surface area (Å²) in [6.45, 7) is 1.14. The van der Waals surface area contributed by atoms with Crippen LogP contribution in [-0.2, 0) is 31.6 Å². The van der Waals surface area contributed by atoms with E-state index >= 15 is 0 Å². The average Bonchev–Trinajstić information content (AvgIpc) is 3.47. The first-order valence-electron chi connectivity index (χ1n) is 13.0. The number of β-amino-alcohol motifs (C(OH)–C–C–N with tert-alkyl or cyclic N) is 1. The number of fused-ring (bicyclic) bond motifs is 2. The molecule has 41 heavy (non-hydrogen) atoms. The Bertz CT molecular complexity index is 1750. The second kappa shape index (κ2) is 10.1. The zero-order chi connectivity index (χ0) is 29.9. The van der Waals surface area contributed by atoms with Crippen molar-refractivity contribution in [1.29, 1.82) is 0 Å². The Kier molecular flexibility index (Phi) is 7.06. The molecule has 4 aromatic rings. The fourth-order valence-electron chi connectivity index (χ4n) is 5.67. The van der Waals surface area contributed by atoms with E-state index in [1.54, 1.807) is 12.1 Å². The molecule has 12 nitrogen and oxygen atoms in total. The van der Waals surface area contributed by atoms with Crippen molar-refractivity contribution in [3.63, 3.8) is 0 Å². The van der Waals surface area contributed by atoms with E-state index in [4.69, 9.17) is 0 Å². The Balaban J connectivity index is 1.41. The number of likely N-dealkylation sites (tertiary alicyclic amines) is 1. The van der Waals surface area contributed by atoms with Crippen LogP contribution in [0.25, 0.3) is 22.2 Å². The van der Waals surface area contributed by atoms with E-state index in [9.17, 15) is 37.8 Å². The standard InChI is InChI=1S/C26H30F3N7O5/c1-25(41)11-15(37)12-34(13-18(25)36-14-30-21-20(36)22(39)33(3)24(40)32(21)2)19(38)9-6-10-35-17-8-5-4-7-16(17)31-23(35)26(27,28)29/h4-5,7-8,14-15,18,37,41H,6,9-13H2,1-3H3/t15-,18+,25+/m0/s1. The van der Waals surface area contributed by atoms with Crippen molar-refractivity contribution in [3.8, 4) is 0 Å². The Morgan fingerprint density at radius 3 is 2.56 bits per heavy atom. The molecule has 1 saturated heterocycles. The molecular weight excluding hydrogens is 547 g/mol. The summed E-state index contributed by atoms with van der Waals surface area (Å²) in [7, 11) is 2.78. The van der Waals surface area contributed by atoms with Crippen LogP contribution in [0.2, 0.25) is 0 Å². The third kappa shape index (κ3) is 5.03. The van der Waals surface area contributed by atoms with E-state index in [0.29, 0.717) is 5.52 Å². The minimum absolute atomic E-state index is 0.0512. The maximum absolute atomic E-state index is 13.7. The van der Waals surface area contributed by atoms with Gasteiger partial charge in [0.2, 0.25) is 11.7 Å². The molecule has 1 aliphatic rings.